The summed E-state index contributed by atoms with van der Waals surface area (Å²) in [5.41, 5.74) is 2.43. The fourth-order valence-electron chi connectivity index (χ4n) is 4.45. The molecular weight excluding hydrogens is 426 g/mol. The molecule has 1 fully saturated rings. The molecule has 1 atom stereocenters. The molecule has 0 radical (unpaired) electrons. The first-order chi connectivity index (χ1) is 16.0. The number of pyridine rings is 1. The van der Waals surface area contributed by atoms with E-state index in [1.54, 1.807) is 37.6 Å². The number of hydrogen-bond donors (Lipinski definition) is 3. The van der Waals surface area contributed by atoms with E-state index in [0.717, 1.165) is 30.3 Å². The van der Waals surface area contributed by atoms with Gasteiger partial charge in [0.05, 0.1) is 23.9 Å². The van der Waals surface area contributed by atoms with Crippen molar-refractivity contribution >= 4 is 29.0 Å². The molecule has 0 saturated carbocycles. The van der Waals surface area contributed by atoms with Crippen LogP contribution in [0.2, 0.25) is 0 Å². The number of carbonyl (C=O) groups is 2. The molecule has 0 bridgehead atoms. The summed E-state index contributed by atoms with van der Waals surface area (Å²) in [6.07, 6.45) is 3.92. The van der Waals surface area contributed by atoms with Gasteiger partial charge >= 0.3 is 6.09 Å². The molecule has 33 heavy (non-hydrogen) atoms. The van der Waals surface area contributed by atoms with Crippen molar-refractivity contribution in [3.63, 3.8) is 0 Å². The number of amides is 1. The summed E-state index contributed by atoms with van der Waals surface area (Å²) < 4.78 is 11.6. The first-order valence-corrected chi connectivity index (χ1v) is 10.7. The van der Waals surface area contributed by atoms with Gasteiger partial charge in [-0.25, -0.2) is 9.78 Å². The average Bonchev–Trinajstić information content (AvgIpc) is 3.35. The summed E-state index contributed by atoms with van der Waals surface area (Å²) in [6.45, 7) is 1.86. The van der Waals surface area contributed by atoms with Gasteiger partial charge in [-0.2, -0.15) is 5.10 Å². The molecule has 1 saturated heterocycles. The minimum atomic E-state index is -1.02. The van der Waals surface area contributed by atoms with Gasteiger partial charge in [-0.15, -0.1) is 0 Å². The van der Waals surface area contributed by atoms with Crippen LogP contribution in [0, 0.1) is 0 Å². The van der Waals surface area contributed by atoms with Crippen molar-refractivity contribution in [1.82, 2.24) is 25.4 Å². The number of H-pyrrole nitrogens is 1. The number of carboxylic acid groups (broad SMARTS) is 1. The van der Waals surface area contributed by atoms with Gasteiger partial charge in [-0.3, -0.25) is 14.8 Å². The SMILES string of the molecule is COc1ccc2c(c1CN1CCC[C@H](NC(=O)O)C1)O/C(=C\c1n[nH]c3ncccc13)C2=O. The third-order valence-electron chi connectivity index (χ3n) is 5.97. The second-order valence-electron chi connectivity index (χ2n) is 8.10. The van der Waals surface area contributed by atoms with E-state index in [1.165, 1.54) is 0 Å². The maximum Gasteiger partial charge on any atom is 0.404 e. The predicted octanol–water partition coefficient (Wildman–Crippen LogP) is 2.81. The van der Waals surface area contributed by atoms with Gasteiger partial charge in [0, 0.05) is 36.8 Å². The fraction of sp³-hybridized carbons (Fsp3) is 0.304. The zero-order valence-electron chi connectivity index (χ0n) is 18.0. The lowest BCUT2D eigenvalue weighted by atomic mass is 10.0. The Hall–Kier alpha value is -3.92. The molecule has 10 nitrogen and oxygen atoms in total. The third kappa shape index (κ3) is 4.00. The highest BCUT2D eigenvalue weighted by Gasteiger charge is 2.33. The van der Waals surface area contributed by atoms with Crippen LogP contribution in [0.1, 0.15) is 34.5 Å². The molecule has 170 valence electrons. The largest absolute Gasteiger partial charge is 0.496 e. The van der Waals surface area contributed by atoms with E-state index in [-0.39, 0.29) is 17.6 Å². The van der Waals surface area contributed by atoms with Gasteiger partial charge in [0.25, 0.3) is 0 Å². The molecule has 0 spiro atoms. The van der Waals surface area contributed by atoms with Gasteiger partial charge in [0.1, 0.15) is 11.5 Å². The van der Waals surface area contributed by atoms with Crippen LogP contribution in [0.15, 0.2) is 36.2 Å². The number of rotatable bonds is 5. The van der Waals surface area contributed by atoms with Gasteiger partial charge in [-0.05, 0) is 43.7 Å². The monoisotopic (exact) mass is 449 g/mol. The van der Waals surface area contributed by atoms with Crippen molar-refractivity contribution in [2.75, 3.05) is 20.2 Å². The van der Waals surface area contributed by atoms with Crippen LogP contribution >= 0.6 is 0 Å². The van der Waals surface area contributed by atoms with Crippen LogP contribution < -0.4 is 14.8 Å². The normalized spacial score (nSPS) is 19.5. The Kier molecular flexibility index (Phi) is 5.43. The van der Waals surface area contributed by atoms with E-state index in [2.05, 4.69) is 25.4 Å². The van der Waals surface area contributed by atoms with Crippen LogP contribution in [0.25, 0.3) is 17.1 Å². The molecule has 1 amide bonds. The number of benzene rings is 1. The van der Waals surface area contributed by atoms with Gasteiger partial charge in [0.15, 0.2) is 11.4 Å². The number of Topliss-reactive ketones (excluding diaryl/α,β-unsaturated/α-hetero) is 1. The number of aromatic nitrogens is 3. The predicted molar refractivity (Wildman–Crippen MR) is 119 cm³/mol. The zero-order chi connectivity index (χ0) is 22.9. The molecule has 4 heterocycles. The molecule has 10 heteroatoms. The Labute approximate surface area is 189 Å². The number of aromatic amines is 1. The number of fused-ring (bicyclic) bond motifs is 2. The van der Waals surface area contributed by atoms with E-state index in [1.807, 2.05) is 6.07 Å². The molecule has 2 aromatic heterocycles. The van der Waals surface area contributed by atoms with Crippen LogP contribution in [0.4, 0.5) is 4.79 Å². The number of hydrogen-bond acceptors (Lipinski definition) is 7. The van der Waals surface area contributed by atoms with E-state index in [0.29, 0.717) is 41.5 Å². The number of nitrogens with one attached hydrogen (secondary N) is 2. The topological polar surface area (TPSA) is 130 Å². The fourth-order valence-corrected chi connectivity index (χ4v) is 4.45. The summed E-state index contributed by atoms with van der Waals surface area (Å²) in [7, 11) is 1.58. The molecule has 2 aliphatic rings. The van der Waals surface area contributed by atoms with Crippen LogP contribution in [0.5, 0.6) is 11.5 Å². The van der Waals surface area contributed by atoms with Crippen LogP contribution in [-0.2, 0) is 6.54 Å². The lowest BCUT2D eigenvalue weighted by Gasteiger charge is -2.33. The Bertz CT molecular complexity index is 1270. The standard InChI is InChI=1S/C23H23N5O5/c1-32-18-7-6-15-20(29)19(10-17-14-5-2-8-24-22(14)27-26-17)33-21(15)16(18)12-28-9-3-4-13(11-28)25-23(30)31/h2,5-8,10,13,25H,3-4,9,11-12H2,1H3,(H,30,31)(H,24,26,27)/b19-10-/t13-/m0/s1. The second-order valence-corrected chi connectivity index (χ2v) is 8.10. The first kappa shape index (κ1) is 21.0. The number of allylic oxidation sites excluding steroid dienone is 1. The number of methoxy groups -OCH3 is 1. The minimum Gasteiger partial charge on any atom is -0.496 e. The van der Waals surface area contributed by atoms with Gasteiger partial charge < -0.3 is 19.9 Å². The lowest BCUT2D eigenvalue weighted by Crippen LogP contribution is -2.47. The molecule has 0 aliphatic carbocycles. The second kappa shape index (κ2) is 8.55. The molecule has 0 unspecified atom stereocenters. The molecule has 3 N–H and O–H groups in total. The van der Waals surface area contributed by atoms with Crippen molar-refractivity contribution in [3.05, 3.63) is 53.0 Å². The maximum absolute atomic E-state index is 13.1. The maximum atomic E-state index is 13.1. The number of ether oxygens (including phenoxy) is 2. The van der Waals surface area contributed by atoms with Crippen molar-refractivity contribution in [2.45, 2.75) is 25.4 Å². The molecule has 1 aromatic carbocycles. The summed E-state index contributed by atoms with van der Waals surface area (Å²) in [6, 6.07) is 7.01. The number of nitrogens with zero attached hydrogens (tertiary/aromatic N) is 3. The first-order valence-electron chi connectivity index (χ1n) is 10.7. The summed E-state index contributed by atoms with van der Waals surface area (Å²) in [5, 5.41) is 19.5. The van der Waals surface area contributed by atoms with Crippen molar-refractivity contribution in [2.24, 2.45) is 0 Å². The molecular formula is C23H23N5O5. The Morgan fingerprint density at radius 2 is 2.30 bits per heavy atom. The highest BCUT2D eigenvalue weighted by Crippen LogP contribution is 2.41. The summed E-state index contributed by atoms with van der Waals surface area (Å²) >= 11 is 0. The zero-order valence-corrected chi connectivity index (χ0v) is 18.0. The van der Waals surface area contributed by atoms with Crippen LogP contribution in [-0.4, -0.2) is 63.3 Å². The molecule has 5 rings (SSSR count). The minimum absolute atomic E-state index is 0.140. The van der Waals surface area contributed by atoms with E-state index in [9.17, 15) is 9.59 Å². The Balaban J connectivity index is 1.45. The summed E-state index contributed by atoms with van der Waals surface area (Å²) in [5.74, 6) is 1.04. The van der Waals surface area contributed by atoms with E-state index in [4.69, 9.17) is 14.6 Å². The average molecular weight is 449 g/mol. The highest BCUT2D eigenvalue weighted by molar-refractivity contribution is 6.15. The number of carbonyl (C=O) groups excluding carboxylic acids is 1. The van der Waals surface area contributed by atoms with E-state index < -0.39 is 6.09 Å². The number of ketones is 1. The molecule has 3 aromatic rings. The number of piperidine rings is 1. The van der Waals surface area contributed by atoms with Gasteiger partial charge in [-0.1, -0.05) is 0 Å². The van der Waals surface area contributed by atoms with Crippen molar-refractivity contribution in [3.8, 4) is 11.5 Å². The number of likely N-dealkylation sites (tertiary alicyclic amines) is 1. The Morgan fingerprint density at radius 1 is 1.42 bits per heavy atom. The van der Waals surface area contributed by atoms with E-state index >= 15 is 0 Å². The smallest absolute Gasteiger partial charge is 0.404 e. The highest BCUT2D eigenvalue weighted by atomic mass is 16.5. The van der Waals surface area contributed by atoms with Crippen LogP contribution in [0.3, 0.4) is 0 Å². The third-order valence-corrected chi connectivity index (χ3v) is 5.97. The summed E-state index contributed by atoms with van der Waals surface area (Å²) in [4.78, 5) is 30.5. The van der Waals surface area contributed by atoms with Crippen molar-refractivity contribution < 1.29 is 24.2 Å². The molecule has 2 aliphatic heterocycles. The quantitative estimate of drug-likeness (QED) is 0.507. The lowest BCUT2D eigenvalue weighted by molar-refractivity contribution is 0.101. The van der Waals surface area contributed by atoms with Gasteiger partial charge in [0.2, 0.25) is 5.78 Å². The van der Waals surface area contributed by atoms with Crippen molar-refractivity contribution in [1.29, 1.82) is 0 Å². The Morgan fingerprint density at radius 3 is 3.12 bits per heavy atom.